The van der Waals surface area contributed by atoms with E-state index in [2.05, 4.69) is 4.74 Å². The number of hydrogen-bond donors (Lipinski definition) is 0. The number of aryl methyl sites for hydroxylation is 1. The summed E-state index contributed by atoms with van der Waals surface area (Å²) in [5, 5.41) is 0.922. The Morgan fingerprint density at radius 1 is 1.04 bits per heavy atom. The molecule has 2 aromatic rings. The maximum Gasteiger partial charge on any atom is 0.573 e. The Morgan fingerprint density at radius 2 is 1.63 bits per heavy atom. The molecule has 0 N–H and O–H groups in total. The van der Waals surface area contributed by atoms with Gasteiger partial charge in [0.25, 0.3) is 0 Å². The molecule has 1 saturated heterocycles. The summed E-state index contributed by atoms with van der Waals surface area (Å²) in [7, 11) is -0.943. The third-order valence-electron chi connectivity index (χ3n) is 5.27. The van der Waals surface area contributed by atoms with E-state index in [9.17, 15) is 17.6 Å². The highest BCUT2D eigenvalue weighted by atomic mass is 19.4. The Bertz CT molecular complexity index is 861. The van der Waals surface area contributed by atoms with E-state index >= 15 is 0 Å². The van der Waals surface area contributed by atoms with Crippen LogP contribution in [0.1, 0.15) is 40.2 Å². The molecule has 0 aromatic heterocycles. The predicted molar refractivity (Wildman–Crippen MR) is 95.7 cm³/mol. The fourth-order valence-corrected chi connectivity index (χ4v) is 3.22. The van der Waals surface area contributed by atoms with Crippen LogP contribution >= 0.6 is 0 Å². The molecule has 0 spiro atoms. The average Bonchev–Trinajstić information content (AvgIpc) is 2.73. The molecule has 1 fully saturated rings. The minimum atomic E-state index is -4.84. The Labute approximate surface area is 155 Å². The van der Waals surface area contributed by atoms with Gasteiger partial charge in [0.2, 0.25) is 0 Å². The van der Waals surface area contributed by atoms with Crippen LogP contribution in [-0.4, -0.2) is 24.7 Å². The van der Waals surface area contributed by atoms with Gasteiger partial charge < -0.3 is 14.0 Å². The highest BCUT2D eigenvalue weighted by Gasteiger charge is 2.52. The average molecular weight is 384 g/mol. The van der Waals surface area contributed by atoms with E-state index in [1.54, 1.807) is 6.92 Å². The van der Waals surface area contributed by atoms with Crippen LogP contribution in [0.3, 0.4) is 0 Å². The van der Waals surface area contributed by atoms with E-state index < -0.39 is 36.2 Å². The topological polar surface area (TPSA) is 27.7 Å². The van der Waals surface area contributed by atoms with Gasteiger partial charge in [-0.25, -0.2) is 4.39 Å². The number of rotatable bonds is 3. The van der Waals surface area contributed by atoms with Crippen LogP contribution in [-0.2, 0) is 15.7 Å². The summed E-state index contributed by atoms with van der Waals surface area (Å²) in [4.78, 5) is 0. The summed E-state index contributed by atoms with van der Waals surface area (Å²) in [6, 6.07) is 5.14. The summed E-state index contributed by atoms with van der Waals surface area (Å²) in [5.74, 6) is -0.819. The van der Waals surface area contributed by atoms with Gasteiger partial charge in [0.1, 0.15) is 11.6 Å². The fourth-order valence-electron chi connectivity index (χ4n) is 3.22. The van der Waals surface area contributed by atoms with Gasteiger partial charge in [0.15, 0.2) is 0 Å². The second-order valence-electron chi connectivity index (χ2n) is 7.63. The lowest BCUT2D eigenvalue weighted by atomic mass is 9.74. The first-order valence-corrected chi connectivity index (χ1v) is 8.71. The SMILES string of the molecule is CCc1c(F)ccc2cc(OC(F)(F)F)cc(B3OC(C)(C)C(C)(C)O3)c12. The number of fused-ring (bicyclic) bond motifs is 1. The van der Waals surface area contributed by atoms with Crippen molar-refractivity contribution in [1.29, 1.82) is 0 Å². The van der Waals surface area contributed by atoms with Crippen LogP contribution < -0.4 is 10.2 Å². The van der Waals surface area contributed by atoms with E-state index in [4.69, 9.17) is 9.31 Å². The highest BCUT2D eigenvalue weighted by Crippen LogP contribution is 2.38. The first-order valence-electron chi connectivity index (χ1n) is 8.71. The van der Waals surface area contributed by atoms with E-state index in [0.29, 0.717) is 28.2 Å². The maximum atomic E-state index is 14.4. The molecular weight excluding hydrogens is 363 g/mol. The molecule has 3 rings (SSSR count). The lowest BCUT2D eigenvalue weighted by Crippen LogP contribution is -2.41. The van der Waals surface area contributed by atoms with E-state index in [1.807, 2.05) is 27.7 Å². The molecule has 0 atom stereocenters. The summed E-state index contributed by atoms with van der Waals surface area (Å²) in [5.41, 5.74) is -0.660. The van der Waals surface area contributed by atoms with Crippen LogP contribution in [0.2, 0.25) is 0 Å². The zero-order valence-electron chi connectivity index (χ0n) is 15.8. The molecule has 27 heavy (non-hydrogen) atoms. The van der Waals surface area contributed by atoms with Gasteiger partial charge >= 0.3 is 13.5 Å². The molecule has 0 radical (unpaired) electrons. The van der Waals surface area contributed by atoms with Gasteiger partial charge in [-0.3, -0.25) is 0 Å². The summed E-state index contributed by atoms with van der Waals surface area (Å²) >= 11 is 0. The molecule has 3 nitrogen and oxygen atoms in total. The number of ether oxygens (including phenoxy) is 1. The minimum absolute atomic E-state index is 0.321. The first-order chi connectivity index (χ1) is 12.3. The molecule has 0 amide bonds. The molecule has 1 heterocycles. The van der Waals surface area contributed by atoms with Crippen molar-refractivity contribution >= 4 is 23.4 Å². The monoisotopic (exact) mass is 384 g/mol. The lowest BCUT2D eigenvalue weighted by Gasteiger charge is -2.32. The van der Waals surface area contributed by atoms with Crippen LogP contribution in [0.15, 0.2) is 24.3 Å². The Kier molecular flexibility index (Phi) is 4.71. The van der Waals surface area contributed by atoms with Gasteiger partial charge in [-0.05, 0) is 74.1 Å². The van der Waals surface area contributed by atoms with Crippen molar-refractivity contribution in [2.75, 3.05) is 0 Å². The molecule has 0 bridgehead atoms. The second-order valence-corrected chi connectivity index (χ2v) is 7.63. The molecular formula is C19H21BF4O3. The van der Waals surface area contributed by atoms with Gasteiger partial charge in [0, 0.05) is 0 Å². The second kappa shape index (κ2) is 6.38. The van der Waals surface area contributed by atoms with E-state index in [0.717, 1.165) is 0 Å². The molecule has 2 aromatic carbocycles. The minimum Gasteiger partial charge on any atom is -0.406 e. The Balaban J connectivity index is 2.23. The van der Waals surface area contributed by atoms with Crippen LogP contribution in [0.25, 0.3) is 10.8 Å². The van der Waals surface area contributed by atoms with Crippen molar-refractivity contribution in [3.63, 3.8) is 0 Å². The zero-order chi connectivity index (χ0) is 20.2. The van der Waals surface area contributed by atoms with Gasteiger partial charge in [0.05, 0.1) is 11.2 Å². The third kappa shape index (κ3) is 3.65. The van der Waals surface area contributed by atoms with Crippen molar-refractivity contribution in [2.45, 2.75) is 58.6 Å². The van der Waals surface area contributed by atoms with Crippen molar-refractivity contribution in [3.05, 3.63) is 35.6 Å². The quantitative estimate of drug-likeness (QED) is 0.565. The van der Waals surface area contributed by atoms with E-state index in [-0.39, 0.29) is 0 Å². The largest absolute Gasteiger partial charge is 0.573 e. The number of hydrogen-bond acceptors (Lipinski definition) is 3. The number of halogens is 4. The standard InChI is InChI=1S/C19H21BF4O3/c1-6-13-15(21)8-7-11-9-12(25-19(22,23)24)10-14(16(11)13)20-26-17(2,3)18(4,5)27-20/h7-10H,6H2,1-5H3. The summed E-state index contributed by atoms with van der Waals surface area (Å²) < 4.78 is 68.8. The van der Waals surface area contributed by atoms with E-state index in [1.165, 1.54) is 24.3 Å². The third-order valence-corrected chi connectivity index (χ3v) is 5.27. The molecule has 1 aliphatic rings. The van der Waals surface area contributed by atoms with Crippen molar-refractivity contribution in [1.82, 2.24) is 0 Å². The van der Waals surface area contributed by atoms with Crippen LogP contribution in [0.5, 0.6) is 5.75 Å². The van der Waals surface area contributed by atoms with Gasteiger partial charge in [-0.15, -0.1) is 13.2 Å². The number of benzene rings is 2. The smallest absolute Gasteiger partial charge is 0.406 e. The highest BCUT2D eigenvalue weighted by molar-refractivity contribution is 6.65. The lowest BCUT2D eigenvalue weighted by molar-refractivity contribution is -0.274. The van der Waals surface area contributed by atoms with Crippen LogP contribution in [0, 0.1) is 5.82 Å². The molecule has 1 aliphatic heterocycles. The first kappa shape index (κ1) is 20.0. The number of alkyl halides is 3. The van der Waals surface area contributed by atoms with Gasteiger partial charge in [-0.1, -0.05) is 13.0 Å². The molecule has 146 valence electrons. The predicted octanol–water partition coefficient (Wildman–Crippen LogP) is 4.74. The zero-order valence-corrected chi connectivity index (χ0v) is 15.8. The molecule has 0 aliphatic carbocycles. The summed E-state index contributed by atoms with van der Waals surface area (Å²) in [6.45, 7) is 9.14. The van der Waals surface area contributed by atoms with Crippen molar-refractivity contribution < 1.29 is 31.6 Å². The van der Waals surface area contributed by atoms with Crippen molar-refractivity contribution in [3.8, 4) is 5.75 Å². The Morgan fingerprint density at radius 3 is 2.15 bits per heavy atom. The van der Waals surface area contributed by atoms with Crippen LogP contribution in [0.4, 0.5) is 17.6 Å². The molecule has 8 heteroatoms. The Hall–Kier alpha value is -1.80. The normalized spacial score (nSPS) is 18.9. The summed E-state index contributed by atoms with van der Waals surface area (Å²) in [6.07, 6.45) is -4.47. The fraction of sp³-hybridized carbons (Fsp3) is 0.474. The molecule has 0 saturated carbocycles. The maximum absolute atomic E-state index is 14.4. The van der Waals surface area contributed by atoms with Gasteiger partial charge in [-0.2, -0.15) is 0 Å². The molecule has 0 unspecified atom stereocenters. The van der Waals surface area contributed by atoms with Crippen molar-refractivity contribution in [2.24, 2.45) is 0 Å².